The largest absolute Gasteiger partial charge is 0.444 e. The van der Waals surface area contributed by atoms with Crippen molar-refractivity contribution in [2.45, 2.75) is 65.1 Å². The first-order valence-electron chi connectivity index (χ1n) is 13.7. The number of fused-ring (bicyclic) bond motifs is 2. The fourth-order valence-electron chi connectivity index (χ4n) is 5.91. The number of amides is 2. The Morgan fingerprint density at radius 3 is 2.67 bits per heavy atom. The lowest BCUT2D eigenvalue weighted by Crippen LogP contribution is -2.69. The number of anilines is 2. The number of likely N-dealkylation sites (tertiary alicyclic amines) is 1. The molecule has 2 fully saturated rings. The van der Waals surface area contributed by atoms with Gasteiger partial charge in [-0.25, -0.2) is 14.2 Å². The van der Waals surface area contributed by atoms with Crippen LogP contribution >= 0.6 is 0 Å². The molecule has 11 heteroatoms. The number of ether oxygens (including phenoxy) is 1. The van der Waals surface area contributed by atoms with Crippen molar-refractivity contribution in [1.82, 2.24) is 24.1 Å². The minimum absolute atomic E-state index is 0.212. The number of aryl methyl sites for hydroxylation is 2. The Morgan fingerprint density at radius 1 is 1.18 bits per heavy atom. The molecule has 40 heavy (non-hydrogen) atoms. The molecule has 2 saturated heterocycles. The summed E-state index contributed by atoms with van der Waals surface area (Å²) in [6, 6.07) is 4.97. The predicted molar refractivity (Wildman–Crippen MR) is 150 cm³/mol. The van der Waals surface area contributed by atoms with Crippen molar-refractivity contribution in [3.05, 3.63) is 53.9 Å². The van der Waals surface area contributed by atoms with E-state index in [0.29, 0.717) is 48.6 Å². The van der Waals surface area contributed by atoms with E-state index >= 15 is 0 Å². The van der Waals surface area contributed by atoms with Crippen molar-refractivity contribution in [3.63, 3.8) is 0 Å². The van der Waals surface area contributed by atoms with Crippen molar-refractivity contribution in [3.8, 4) is 0 Å². The Hall–Kier alpha value is -4.15. The lowest BCUT2D eigenvalue weighted by atomic mass is 9.86. The minimum atomic E-state index is -0.545. The molecule has 3 aromatic heterocycles. The summed E-state index contributed by atoms with van der Waals surface area (Å²) in [6.45, 7) is 12.1. The van der Waals surface area contributed by atoms with Crippen molar-refractivity contribution < 1.29 is 18.7 Å². The number of nitrogens with zero attached hydrogens (tertiary/aromatic N) is 6. The molecule has 2 amide bonds. The molecule has 0 radical (unpaired) electrons. The molecule has 10 nitrogen and oxygen atoms in total. The summed E-state index contributed by atoms with van der Waals surface area (Å²) < 4.78 is 23.7. The van der Waals surface area contributed by atoms with E-state index in [1.807, 2.05) is 49.5 Å². The molecule has 0 unspecified atom stereocenters. The maximum atomic E-state index is 14.6. The van der Waals surface area contributed by atoms with Crippen molar-refractivity contribution >= 4 is 39.9 Å². The molecule has 1 N–H and O–H groups in total. The van der Waals surface area contributed by atoms with Crippen LogP contribution in [0.4, 0.5) is 20.6 Å². The van der Waals surface area contributed by atoms with Crippen molar-refractivity contribution in [1.29, 1.82) is 0 Å². The normalized spacial score (nSPS) is 16.6. The molecule has 0 bridgehead atoms. The van der Waals surface area contributed by atoms with Gasteiger partial charge < -0.3 is 19.4 Å². The third-order valence-electron chi connectivity index (χ3n) is 7.68. The Morgan fingerprint density at radius 2 is 1.95 bits per heavy atom. The summed E-state index contributed by atoms with van der Waals surface area (Å²) in [5, 5.41) is 8.38. The number of hydrogen-bond donors (Lipinski definition) is 1. The molecule has 0 atom stereocenters. The highest BCUT2D eigenvalue weighted by molar-refractivity contribution is 6.14. The second-order valence-corrected chi connectivity index (χ2v) is 11.8. The van der Waals surface area contributed by atoms with Gasteiger partial charge in [-0.05, 0) is 59.6 Å². The van der Waals surface area contributed by atoms with Crippen molar-refractivity contribution in [2.24, 2.45) is 0 Å². The summed E-state index contributed by atoms with van der Waals surface area (Å²) in [6.07, 6.45) is 6.91. The van der Waals surface area contributed by atoms with E-state index in [4.69, 9.17) is 9.84 Å². The topological polar surface area (TPSA) is 97.0 Å². The van der Waals surface area contributed by atoms with Gasteiger partial charge in [-0.15, -0.1) is 0 Å². The van der Waals surface area contributed by atoms with E-state index in [1.165, 1.54) is 6.07 Å². The molecule has 0 saturated carbocycles. The van der Waals surface area contributed by atoms with Gasteiger partial charge in [-0.3, -0.25) is 14.4 Å². The molecule has 4 aromatic rings. The van der Waals surface area contributed by atoms with Gasteiger partial charge in [0.2, 0.25) is 0 Å². The van der Waals surface area contributed by atoms with Gasteiger partial charge in [-0.2, -0.15) is 5.10 Å². The minimum Gasteiger partial charge on any atom is -0.444 e. The Kier molecular flexibility index (Phi) is 6.01. The Balaban J connectivity index is 1.27. The van der Waals surface area contributed by atoms with E-state index in [2.05, 4.69) is 15.2 Å². The second kappa shape index (κ2) is 9.21. The SMILES string of the molecule is CCn1cc2c(N3CC4(CCCN4C(=O)OC(C)(C)C)C3)ccc(C(=O)Nc3cc(F)c4nc(C)cn4c3)c2n1. The maximum absolute atomic E-state index is 14.6. The number of rotatable bonds is 4. The van der Waals surface area contributed by atoms with E-state index in [9.17, 15) is 14.0 Å². The standard InChI is InChI=1S/C29H34FN7O3/c1-6-36-15-21-23(35-16-29(17-35)10-7-11-37(29)27(39)40-28(3,4)5)9-8-20(24(21)33-36)26(38)32-19-12-22(30)25-31-18(2)13-34(25)14-19/h8-9,12-15H,6-7,10-11,16-17H2,1-5H3,(H,32,38). The van der Waals surface area contributed by atoms with Crippen LogP contribution < -0.4 is 10.2 Å². The van der Waals surface area contributed by atoms with Gasteiger partial charge >= 0.3 is 6.09 Å². The summed E-state index contributed by atoms with van der Waals surface area (Å²) in [5.74, 6) is -0.888. The van der Waals surface area contributed by atoms with E-state index in [0.717, 1.165) is 23.9 Å². The summed E-state index contributed by atoms with van der Waals surface area (Å²) in [7, 11) is 0. The fraction of sp³-hybridized carbons (Fsp3) is 0.448. The van der Waals surface area contributed by atoms with E-state index < -0.39 is 11.4 Å². The van der Waals surface area contributed by atoms with Crippen LogP contribution in [0.2, 0.25) is 0 Å². The summed E-state index contributed by atoms with van der Waals surface area (Å²) >= 11 is 0. The molecule has 5 heterocycles. The van der Waals surface area contributed by atoms with Crippen LogP contribution in [-0.4, -0.2) is 66.8 Å². The number of nitrogens with one attached hydrogen (secondary N) is 1. The highest BCUT2D eigenvalue weighted by atomic mass is 19.1. The Bertz CT molecular complexity index is 1640. The number of aromatic nitrogens is 4. The average molecular weight is 548 g/mol. The molecular weight excluding hydrogens is 513 g/mol. The molecule has 2 aliphatic rings. The van der Waals surface area contributed by atoms with Gasteiger partial charge in [0.05, 0.1) is 22.5 Å². The van der Waals surface area contributed by atoms with Gasteiger partial charge in [0.1, 0.15) is 11.1 Å². The van der Waals surface area contributed by atoms with Crippen LogP contribution in [0.1, 0.15) is 56.6 Å². The summed E-state index contributed by atoms with van der Waals surface area (Å²) in [5.41, 5.74) is 2.37. The maximum Gasteiger partial charge on any atom is 0.410 e. The van der Waals surface area contributed by atoms with Crippen LogP contribution in [-0.2, 0) is 11.3 Å². The zero-order chi connectivity index (χ0) is 28.4. The third kappa shape index (κ3) is 4.43. The number of benzene rings is 1. The molecule has 210 valence electrons. The van der Waals surface area contributed by atoms with Crippen LogP contribution in [0.5, 0.6) is 0 Å². The van der Waals surface area contributed by atoms with E-state index in [1.54, 1.807) is 29.8 Å². The van der Waals surface area contributed by atoms with Gasteiger partial charge in [0, 0.05) is 61.9 Å². The fourth-order valence-corrected chi connectivity index (χ4v) is 5.91. The third-order valence-corrected chi connectivity index (χ3v) is 7.68. The molecular formula is C29H34FN7O3. The monoisotopic (exact) mass is 547 g/mol. The van der Waals surface area contributed by atoms with Crippen LogP contribution in [0, 0.1) is 12.7 Å². The molecule has 6 rings (SSSR count). The number of carbonyl (C=O) groups is 2. The molecule has 1 spiro atoms. The molecule has 1 aromatic carbocycles. The quantitative estimate of drug-likeness (QED) is 0.387. The smallest absolute Gasteiger partial charge is 0.410 e. The highest BCUT2D eigenvalue weighted by Gasteiger charge is 2.53. The first-order chi connectivity index (χ1) is 19.0. The molecule has 2 aliphatic heterocycles. The first-order valence-corrected chi connectivity index (χ1v) is 13.7. The molecule has 0 aliphatic carbocycles. The van der Waals surface area contributed by atoms with E-state index in [-0.39, 0.29) is 23.2 Å². The summed E-state index contributed by atoms with van der Waals surface area (Å²) in [4.78, 5) is 34.6. The van der Waals surface area contributed by atoms with Gasteiger partial charge in [0.25, 0.3) is 5.91 Å². The number of carbonyl (C=O) groups excluding carboxylic acids is 2. The van der Waals surface area contributed by atoms with Gasteiger partial charge in [0.15, 0.2) is 11.5 Å². The highest BCUT2D eigenvalue weighted by Crippen LogP contribution is 2.43. The second-order valence-electron chi connectivity index (χ2n) is 11.8. The average Bonchev–Trinajstić information content (AvgIpc) is 3.57. The number of pyridine rings is 1. The number of imidazole rings is 1. The Labute approximate surface area is 231 Å². The first kappa shape index (κ1) is 26.1. The lowest BCUT2D eigenvalue weighted by Gasteiger charge is -2.53. The zero-order valence-electron chi connectivity index (χ0n) is 23.5. The lowest BCUT2D eigenvalue weighted by molar-refractivity contribution is 0.00238. The van der Waals surface area contributed by atoms with Gasteiger partial charge in [-0.1, -0.05) is 0 Å². The number of halogens is 1. The van der Waals surface area contributed by atoms with Crippen molar-refractivity contribution in [2.75, 3.05) is 29.9 Å². The number of hydrogen-bond acceptors (Lipinski definition) is 6. The van der Waals surface area contributed by atoms with Crippen LogP contribution in [0.25, 0.3) is 16.6 Å². The predicted octanol–water partition coefficient (Wildman–Crippen LogP) is 4.99. The van der Waals surface area contributed by atoms with Crippen LogP contribution in [0.15, 0.2) is 36.8 Å². The van der Waals surface area contributed by atoms with Crippen LogP contribution in [0.3, 0.4) is 0 Å². The zero-order valence-corrected chi connectivity index (χ0v) is 23.5.